The fraction of sp³-hybridized carbons (Fsp3) is 0.143. The van der Waals surface area contributed by atoms with Gasteiger partial charge in [0.25, 0.3) is 0 Å². The topological polar surface area (TPSA) is 54.0 Å². The van der Waals surface area contributed by atoms with Crippen molar-refractivity contribution in [3.05, 3.63) is 60.2 Å². The molecule has 98 valence electrons. The Balaban J connectivity index is 1.74. The standard InChI is InChI=1S/C14H14FN3O/c15-12-1-3-13(4-2-12)18-14(19)10-17-9-11-5-7-16-8-6-11/h1-8,17H,9-10H2,(H,18,19). The summed E-state index contributed by atoms with van der Waals surface area (Å²) in [6.45, 7) is 0.791. The molecule has 0 unspecified atom stereocenters. The van der Waals surface area contributed by atoms with Gasteiger partial charge in [0.1, 0.15) is 5.82 Å². The monoisotopic (exact) mass is 259 g/mol. The molecule has 0 bridgehead atoms. The number of nitrogens with zero attached hydrogens (tertiary/aromatic N) is 1. The zero-order valence-corrected chi connectivity index (χ0v) is 10.3. The number of rotatable bonds is 5. The molecule has 0 aliphatic heterocycles. The lowest BCUT2D eigenvalue weighted by molar-refractivity contribution is -0.115. The number of amides is 1. The Kier molecular flexibility index (Phi) is 4.58. The molecule has 1 amide bonds. The zero-order chi connectivity index (χ0) is 13.5. The summed E-state index contributed by atoms with van der Waals surface area (Å²) >= 11 is 0. The minimum atomic E-state index is -0.325. The first-order chi connectivity index (χ1) is 9.24. The minimum absolute atomic E-state index is 0.166. The van der Waals surface area contributed by atoms with Crippen LogP contribution >= 0.6 is 0 Å². The van der Waals surface area contributed by atoms with Crippen LogP contribution in [0.1, 0.15) is 5.56 Å². The normalized spacial score (nSPS) is 10.2. The van der Waals surface area contributed by atoms with E-state index in [1.165, 1.54) is 24.3 Å². The average Bonchev–Trinajstić information content (AvgIpc) is 2.43. The van der Waals surface area contributed by atoms with Crippen LogP contribution in [0.2, 0.25) is 0 Å². The average molecular weight is 259 g/mol. The number of pyridine rings is 1. The van der Waals surface area contributed by atoms with Gasteiger partial charge in [0.2, 0.25) is 5.91 Å². The molecule has 2 N–H and O–H groups in total. The molecule has 0 spiro atoms. The Morgan fingerprint density at radius 3 is 2.47 bits per heavy atom. The molecule has 0 fully saturated rings. The van der Waals surface area contributed by atoms with Crippen LogP contribution < -0.4 is 10.6 Å². The van der Waals surface area contributed by atoms with Gasteiger partial charge in [-0.05, 0) is 42.0 Å². The lowest BCUT2D eigenvalue weighted by Crippen LogP contribution is -2.27. The van der Waals surface area contributed by atoms with Gasteiger partial charge >= 0.3 is 0 Å². The van der Waals surface area contributed by atoms with Crippen LogP contribution in [-0.2, 0) is 11.3 Å². The second-order valence-corrected chi connectivity index (χ2v) is 4.01. The molecule has 0 radical (unpaired) electrons. The highest BCUT2D eigenvalue weighted by Crippen LogP contribution is 2.07. The summed E-state index contributed by atoms with van der Waals surface area (Å²) in [6.07, 6.45) is 3.41. The molecule has 19 heavy (non-hydrogen) atoms. The van der Waals surface area contributed by atoms with Crippen molar-refractivity contribution in [2.75, 3.05) is 11.9 Å². The molecule has 4 nitrogen and oxygen atoms in total. The molecule has 0 saturated carbocycles. The van der Waals surface area contributed by atoms with E-state index in [2.05, 4.69) is 15.6 Å². The van der Waals surface area contributed by atoms with Crippen molar-refractivity contribution >= 4 is 11.6 Å². The van der Waals surface area contributed by atoms with Crippen LogP contribution in [0.15, 0.2) is 48.8 Å². The van der Waals surface area contributed by atoms with Crippen LogP contribution in [0, 0.1) is 5.82 Å². The molecular weight excluding hydrogens is 245 g/mol. The molecule has 0 atom stereocenters. The number of hydrogen-bond acceptors (Lipinski definition) is 3. The molecule has 5 heteroatoms. The van der Waals surface area contributed by atoms with Crippen molar-refractivity contribution in [1.82, 2.24) is 10.3 Å². The van der Waals surface area contributed by atoms with E-state index in [0.717, 1.165) is 5.56 Å². The maximum Gasteiger partial charge on any atom is 0.238 e. The smallest absolute Gasteiger partial charge is 0.238 e. The third-order valence-corrected chi connectivity index (χ3v) is 2.49. The van der Waals surface area contributed by atoms with E-state index >= 15 is 0 Å². The van der Waals surface area contributed by atoms with Gasteiger partial charge in [-0.2, -0.15) is 0 Å². The Hall–Kier alpha value is -2.27. The van der Waals surface area contributed by atoms with Gasteiger partial charge in [0.05, 0.1) is 6.54 Å². The third kappa shape index (κ3) is 4.48. The summed E-state index contributed by atoms with van der Waals surface area (Å²) in [6, 6.07) is 9.42. The lowest BCUT2D eigenvalue weighted by atomic mass is 10.3. The Bertz CT molecular complexity index is 528. The Morgan fingerprint density at radius 1 is 1.11 bits per heavy atom. The first-order valence-electron chi connectivity index (χ1n) is 5.89. The van der Waals surface area contributed by atoms with E-state index in [0.29, 0.717) is 12.2 Å². The zero-order valence-electron chi connectivity index (χ0n) is 10.3. The summed E-state index contributed by atoms with van der Waals surface area (Å²) in [5, 5.41) is 5.69. The summed E-state index contributed by atoms with van der Waals surface area (Å²) in [7, 11) is 0. The molecule has 2 aromatic rings. The molecule has 0 aliphatic carbocycles. The fourth-order valence-corrected chi connectivity index (χ4v) is 1.56. The van der Waals surface area contributed by atoms with Gasteiger partial charge in [-0.25, -0.2) is 4.39 Å². The quantitative estimate of drug-likeness (QED) is 0.863. The van der Waals surface area contributed by atoms with E-state index < -0.39 is 0 Å². The van der Waals surface area contributed by atoms with E-state index in [4.69, 9.17) is 0 Å². The molecule has 0 aliphatic rings. The van der Waals surface area contributed by atoms with Crippen molar-refractivity contribution in [3.63, 3.8) is 0 Å². The lowest BCUT2D eigenvalue weighted by Gasteiger charge is -2.06. The van der Waals surface area contributed by atoms with Crippen molar-refractivity contribution in [2.45, 2.75) is 6.54 Å². The number of anilines is 1. The van der Waals surface area contributed by atoms with Crippen LogP contribution in [-0.4, -0.2) is 17.4 Å². The molecule has 1 heterocycles. The second-order valence-electron chi connectivity index (χ2n) is 4.01. The summed E-state index contributed by atoms with van der Waals surface area (Å²) in [5.41, 5.74) is 1.64. The maximum absolute atomic E-state index is 12.7. The molecule has 2 rings (SSSR count). The predicted molar refractivity (Wildman–Crippen MR) is 71.0 cm³/mol. The van der Waals surface area contributed by atoms with E-state index in [1.807, 2.05) is 12.1 Å². The van der Waals surface area contributed by atoms with E-state index in [9.17, 15) is 9.18 Å². The first kappa shape index (κ1) is 13.2. The van der Waals surface area contributed by atoms with Gasteiger partial charge in [-0.1, -0.05) is 0 Å². The number of aromatic nitrogens is 1. The van der Waals surface area contributed by atoms with Crippen LogP contribution in [0.4, 0.5) is 10.1 Å². The Labute approximate surface area is 110 Å². The SMILES string of the molecule is O=C(CNCc1ccncc1)Nc1ccc(F)cc1. The second kappa shape index (κ2) is 6.61. The van der Waals surface area contributed by atoms with E-state index in [1.54, 1.807) is 12.4 Å². The van der Waals surface area contributed by atoms with Crippen molar-refractivity contribution in [3.8, 4) is 0 Å². The first-order valence-corrected chi connectivity index (χ1v) is 5.89. The molecule has 1 aromatic heterocycles. The Morgan fingerprint density at radius 2 is 1.79 bits per heavy atom. The summed E-state index contributed by atoms with van der Waals surface area (Å²) in [4.78, 5) is 15.5. The number of benzene rings is 1. The van der Waals surface area contributed by atoms with Crippen LogP contribution in [0.5, 0.6) is 0 Å². The van der Waals surface area contributed by atoms with Crippen molar-refractivity contribution in [1.29, 1.82) is 0 Å². The molecule has 1 aromatic carbocycles. The van der Waals surface area contributed by atoms with Crippen LogP contribution in [0.3, 0.4) is 0 Å². The van der Waals surface area contributed by atoms with E-state index in [-0.39, 0.29) is 18.3 Å². The number of halogens is 1. The summed E-state index contributed by atoms with van der Waals surface area (Å²) < 4.78 is 12.7. The highest BCUT2D eigenvalue weighted by atomic mass is 19.1. The largest absolute Gasteiger partial charge is 0.325 e. The highest BCUT2D eigenvalue weighted by Gasteiger charge is 2.02. The summed E-state index contributed by atoms with van der Waals surface area (Å²) in [5.74, 6) is -0.491. The van der Waals surface area contributed by atoms with Crippen molar-refractivity contribution in [2.24, 2.45) is 0 Å². The third-order valence-electron chi connectivity index (χ3n) is 2.49. The van der Waals surface area contributed by atoms with Crippen molar-refractivity contribution < 1.29 is 9.18 Å². The number of hydrogen-bond donors (Lipinski definition) is 2. The number of carbonyl (C=O) groups is 1. The fourth-order valence-electron chi connectivity index (χ4n) is 1.56. The minimum Gasteiger partial charge on any atom is -0.325 e. The maximum atomic E-state index is 12.7. The number of nitrogens with one attached hydrogen (secondary N) is 2. The molecule has 0 saturated heterocycles. The van der Waals surface area contributed by atoms with Gasteiger partial charge in [0, 0.05) is 24.6 Å². The van der Waals surface area contributed by atoms with Crippen LogP contribution in [0.25, 0.3) is 0 Å². The van der Waals surface area contributed by atoms with Gasteiger partial charge in [-0.3, -0.25) is 9.78 Å². The number of carbonyl (C=O) groups excluding carboxylic acids is 1. The van der Waals surface area contributed by atoms with Gasteiger partial charge in [0.15, 0.2) is 0 Å². The molecular formula is C14H14FN3O. The predicted octanol–water partition coefficient (Wildman–Crippen LogP) is 1.95. The van der Waals surface area contributed by atoms with Gasteiger partial charge in [-0.15, -0.1) is 0 Å². The van der Waals surface area contributed by atoms with Gasteiger partial charge < -0.3 is 10.6 Å². The highest BCUT2D eigenvalue weighted by molar-refractivity contribution is 5.92.